The Balaban J connectivity index is 1.71. The van der Waals surface area contributed by atoms with Crippen molar-refractivity contribution in [3.05, 3.63) is 28.8 Å². The summed E-state index contributed by atoms with van der Waals surface area (Å²) in [6.07, 6.45) is 3.02. The number of rotatable bonds is 4. The molecule has 2 saturated heterocycles. The molecule has 2 aliphatic heterocycles. The van der Waals surface area contributed by atoms with Crippen LogP contribution in [0.25, 0.3) is 6.08 Å². The third-order valence-electron chi connectivity index (χ3n) is 4.36. The normalized spacial score (nSPS) is 19.6. The summed E-state index contributed by atoms with van der Waals surface area (Å²) in [5.41, 5.74) is 0.674. The first-order valence-corrected chi connectivity index (χ1v) is 8.32. The van der Waals surface area contributed by atoms with E-state index < -0.39 is 12.1 Å². The number of ether oxygens (including phenoxy) is 2. The first-order chi connectivity index (χ1) is 12.4. The number of benzene rings is 1. The second-order valence-electron chi connectivity index (χ2n) is 5.86. The Morgan fingerprint density at radius 3 is 2.73 bits per heavy atom. The smallest absolute Gasteiger partial charge is 0.324 e. The fourth-order valence-corrected chi connectivity index (χ4v) is 3.31. The van der Waals surface area contributed by atoms with Crippen molar-refractivity contribution < 1.29 is 23.9 Å². The average molecular weight is 380 g/mol. The average Bonchev–Trinajstić information content (AvgIpc) is 2.92. The van der Waals surface area contributed by atoms with Gasteiger partial charge in [0.15, 0.2) is 11.5 Å². The predicted molar refractivity (Wildman–Crippen MR) is 94.2 cm³/mol. The van der Waals surface area contributed by atoms with Gasteiger partial charge < -0.3 is 19.3 Å². The number of amides is 4. The van der Waals surface area contributed by atoms with Gasteiger partial charge in [-0.15, -0.1) is 0 Å². The molecule has 26 heavy (non-hydrogen) atoms. The van der Waals surface area contributed by atoms with Crippen LogP contribution in [0.5, 0.6) is 11.5 Å². The molecule has 1 atom stereocenters. The van der Waals surface area contributed by atoms with E-state index in [9.17, 15) is 14.4 Å². The number of halogens is 1. The first kappa shape index (κ1) is 18.1. The topological polar surface area (TPSA) is 88.2 Å². The molecule has 1 unspecified atom stereocenters. The van der Waals surface area contributed by atoms with E-state index in [0.717, 1.165) is 0 Å². The van der Waals surface area contributed by atoms with Crippen molar-refractivity contribution >= 4 is 35.5 Å². The Morgan fingerprint density at radius 1 is 1.27 bits per heavy atom. The highest BCUT2D eigenvalue weighted by atomic mass is 35.5. The lowest BCUT2D eigenvalue weighted by molar-refractivity contribution is -0.130. The molecule has 0 aromatic heterocycles. The van der Waals surface area contributed by atoms with Crippen molar-refractivity contribution in [1.82, 2.24) is 15.1 Å². The fourth-order valence-electron chi connectivity index (χ4n) is 3.02. The molecule has 2 fully saturated rings. The molecule has 2 aliphatic rings. The highest BCUT2D eigenvalue weighted by Crippen LogP contribution is 2.36. The second kappa shape index (κ2) is 7.25. The molecule has 0 saturated carbocycles. The van der Waals surface area contributed by atoms with Crippen LogP contribution in [0, 0.1) is 0 Å². The summed E-state index contributed by atoms with van der Waals surface area (Å²) in [6, 6.07) is 2.34. The number of hydrogen-bond donors (Lipinski definition) is 1. The molecule has 3 rings (SSSR count). The van der Waals surface area contributed by atoms with Crippen molar-refractivity contribution in [2.75, 3.05) is 33.9 Å². The third-order valence-corrected chi connectivity index (χ3v) is 4.64. The van der Waals surface area contributed by atoms with Gasteiger partial charge in [-0.1, -0.05) is 11.6 Å². The van der Waals surface area contributed by atoms with Crippen molar-refractivity contribution in [1.29, 1.82) is 0 Å². The maximum atomic E-state index is 12.4. The summed E-state index contributed by atoms with van der Waals surface area (Å²) >= 11 is 6.15. The number of carbonyl (C=O) groups excluding carboxylic acids is 3. The van der Waals surface area contributed by atoms with Gasteiger partial charge in [0.05, 0.1) is 25.8 Å². The van der Waals surface area contributed by atoms with Crippen LogP contribution in [-0.4, -0.2) is 67.5 Å². The lowest BCUT2D eigenvalue weighted by Gasteiger charge is -2.34. The van der Waals surface area contributed by atoms with Gasteiger partial charge in [-0.3, -0.25) is 14.9 Å². The summed E-state index contributed by atoms with van der Waals surface area (Å²) in [4.78, 5) is 38.8. The van der Waals surface area contributed by atoms with E-state index in [2.05, 4.69) is 5.32 Å². The maximum Gasteiger partial charge on any atom is 0.324 e. The quantitative estimate of drug-likeness (QED) is 0.626. The molecular formula is C17H18ClN3O5. The molecule has 4 amide bonds. The van der Waals surface area contributed by atoms with Gasteiger partial charge in [0.1, 0.15) is 6.04 Å². The second-order valence-corrected chi connectivity index (χ2v) is 6.27. The number of fused-ring (bicyclic) bond motifs is 1. The zero-order valence-corrected chi connectivity index (χ0v) is 15.1. The molecule has 0 aliphatic carbocycles. The molecule has 1 aromatic rings. The first-order valence-electron chi connectivity index (χ1n) is 7.94. The fraction of sp³-hybridized carbons (Fsp3) is 0.353. The minimum atomic E-state index is -0.621. The standard InChI is InChI=1S/C17H18ClN3O5/c1-25-13-8-10(7-11(18)15(13)26-2)3-4-14(22)20-5-6-21-12(9-20)16(23)19-17(21)24/h3-4,7-8,12H,5-6,9H2,1-2H3,(H,19,23,24). The molecule has 0 bridgehead atoms. The van der Waals surface area contributed by atoms with Gasteiger partial charge in [0.2, 0.25) is 5.91 Å². The van der Waals surface area contributed by atoms with Crippen LogP contribution >= 0.6 is 11.6 Å². The lowest BCUT2D eigenvalue weighted by atomic mass is 10.1. The molecular weight excluding hydrogens is 362 g/mol. The van der Waals surface area contributed by atoms with Crippen LogP contribution in [0.1, 0.15) is 5.56 Å². The van der Waals surface area contributed by atoms with Gasteiger partial charge in [0, 0.05) is 19.2 Å². The Kier molecular flexibility index (Phi) is 5.03. The minimum absolute atomic E-state index is 0.174. The SMILES string of the molecule is COc1cc(C=CC(=O)N2CCN3C(=O)NC(=O)C3C2)cc(Cl)c1OC. The van der Waals surface area contributed by atoms with Crippen LogP contribution in [0.15, 0.2) is 18.2 Å². The highest BCUT2D eigenvalue weighted by molar-refractivity contribution is 6.32. The molecule has 8 nitrogen and oxygen atoms in total. The number of nitrogens with zero attached hydrogens (tertiary/aromatic N) is 2. The van der Waals surface area contributed by atoms with E-state index in [-0.39, 0.29) is 18.4 Å². The molecule has 9 heteroatoms. The minimum Gasteiger partial charge on any atom is -0.493 e. The number of piperazine rings is 1. The number of imide groups is 1. The van der Waals surface area contributed by atoms with E-state index in [1.807, 2.05) is 0 Å². The van der Waals surface area contributed by atoms with Gasteiger partial charge in [-0.2, -0.15) is 0 Å². The van der Waals surface area contributed by atoms with Crippen molar-refractivity contribution in [3.63, 3.8) is 0 Å². The van der Waals surface area contributed by atoms with Gasteiger partial charge >= 0.3 is 6.03 Å². The summed E-state index contributed by atoms with van der Waals surface area (Å²) < 4.78 is 10.4. The Labute approximate surface area is 155 Å². The number of hydrogen-bond acceptors (Lipinski definition) is 5. The van der Waals surface area contributed by atoms with Crippen molar-refractivity contribution in [2.45, 2.75) is 6.04 Å². The van der Waals surface area contributed by atoms with Crippen molar-refractivity contribution in [2.24, 2.45) is 0 Å². The van der Waals surface area contributed by atoms with Crippen LogP contribution < -0.4 is 14.8 Å². The highest BCUT2D eigenvalue weighted by Gasteiger charge is 2.42. The van der Waals surface area contributed by atoms with Crippen molar-refractivity contribution in [3.8, 4) is 11.5 Å². The zero-order chi connectivity index (χ0) is 18.8. The summed E-state index contributed by atoms with van der Waals surface area (Å²) in [5.74, 6) is 0.262. The van der Waals surface area contributed by atoms with Crippen LogP contribution in [0.4, 0.5) is 4.79 Å². The monoisotopic (exact) mass is 379 g/mol. The Bertz CT molecular complexity index is 795. The van der Waals surface area contributed by atoms with E-state index in [1.54, 1.807) is 18.2 Å². The molecule has 1 N–H and O–H groups in total. The summed E-state index contributed by atoms with van der Waals surface area (Å²) in [7, 11) is 2.99. The number of carbonyl (C=O) groups is 3. The third kappa shape index (κ3) is 3.32. The summed E-state index contributed by atoms with van der Waals surface area (Å²) in [5, 5.41) is 2.63. The Morgan fingerprint density at radius 2 is 2.04 bits per heavy atom. The Hall–Kier alpha value is -2.74. The summed E-state index contributed by atoms with van der Waals surface area (Å²) in [6.45, 7) is 0.866. The number of methoxy groups -OCH3 is 2. The van der Waals surface area contributed by atoms with Crippen LogP contribution in [-0.2, 0) is 9.59 Å². The van der Waals surface area contributed by atoms with Crippen LogP contribution in [0.3, 0.4) is 0 Å². The number of urea groups is 1. The predicted octanol–water partition coefficient (Wildman–Crippen LogP) is 1.13. The zero-order valence-electron chi connectivity index (χ0n) is 14.3. The van der Waals surface area contributed by atoms with Crippen LogP contribution in [0.2, 0.25) is 5.02 Å². The van der Waals surface area contributed by atoms with E-state index in [0.29, 0.717) is 35.2 Å². The molecule has 138 valence electrons. The van der Waals surface area contributed by atoms with E-state index in [4.69, 9.17) is 21.1 Å². The van der Waals surface area contributed by atoms with E-state index >= 15 is 0 Å². The largest absolute Gasteiger partial charge is 0.493 e. The number of nitrogens with one attached hydrogen (secondary N) is 1. The van der Waals surface area contributed by atoms with E-state index in [1.165, 1.54) is 30.1 Å². The van der Waals surface area contributed by atoms with Gasteiger partial charge in [-0.05, 0) is 23.8 Å². The molecule has 0 spiro atoms. The molecule has 0 radical (unpaired) electrons. The molecule has 2 heterocycles. The maximum absolute atomic E-state index is 12.4. The van der Waals surface area contributed by atoms with Gasteiger partial charge in [0.25, 0.3) is 5.91 Å². The lowest BCUT2D eigenvalue weighted by Crippen LogP contribution is -2.54. The molecule has 1 aromatic carbocycles. The van der Waals surface area contributed by atoms with Gasteiger partial charge in [-0.25, -0.2) is 4.79 Å².